The predicted molar refractivity (Wildman–Crippen MR) is 91.8 cm³/mol. The van der Waals surface area contributed by atoms with Crippen LogP contribution in [0.4, 0.5) is 18.9 Å². The van der Waals surface area contributed by atoms with Gasteiger partial charge < -0.3 is 14.7 Å². The summed E-state index contributed by atoms with van der Waals surface area (Å²) in [6.45, 7) is 9.26. The fraction of sp³-hybridized carbons (Fsp3) is 0.667. The molecule has 1 saturated heterocycles. The summed E-state index contributed by atoms with van der Waals surface area (Å²) in [5, 5.41) is 10.1. The number of anilines is 1. The molecule has 1 aromatic rings. The number of aliphatic hydroxyl groups excluding tert-OH is 1. The molecule has 4 nitrogen and oxygen atoms in total. The van der Waals surface area contributed by atoms with Crippen LogP contribution < -0.4 is 4.90 Å². The maximum atomic E-state index is 12.8. The third-order valence-electron chi connectivity index (χ3n) is 4.09. The molecule has 0 bridgehead atoms. The molecule has 1 heterocycles. The largest absolute Gasteiger partial charge is 0.416 e. The number of ether oxygens (including phenoxy) is 1. The van der Waals surface area contributed by atoms with Crippen LogP contribution in [0.1, 0.15) is 26.3 Å². The first-order valence-electron chi connectivity index (χ1n) is 8.51. The molecule has 1 aliphatic rings. The van der Waals surface area contributed by atoms with Crippen LogP contribution in [0.3, 0.4) is 0 Å². The van der Waals surface area contributed by atoms with E-state index < -0.39 is 17.8 Å². The van der Waals surface area contributed by atoms with Crippen molar-refractivity contribution < 1.29 is 23.0 Å². The Kier molecular flexibility index (Phi) is 6.35. The summed E-state index contributed by atoms with van der Waals surface area (Å²) in [4.78, 5) is 4.06. The first-order valence-corrected chi connectivity index (χ1v) is 8.51. The number of hydrogen-bond donors (Lipinski definition) is 1. The standard InChI is InChI=1S/C18H27F3N2O2/c1-17(2,3)25-13-16(24)12-22-7-9-23(10-8-22)15-6-4-5-14(11-15)18(19,20)21/h4-6,11,16,24H,7-10,12-13H2,1-3H3/t16-/m1/s1. The van der Waals surface area contributed by atoms with E-state index in [2.05, 4.69) is 4.90 Å². The second-order valence-corrected chi connectivity index (χ2v) is 7.41. The van der Waals surface area contributed by atoms with E-state index in [1.54, 1.807) is 6.07 Å². The highest BCUT2D eigenvalue weighted by molar-refractivity contribution is 5.49. The molecule has 0 aromatic heterocycles. The van der Waals surface area contributed by atoms with Gasteiger partial charge in [-0.15, -0.1) is 0 Å². The molecule has 1 fully saturated rings. The van der Waals surface area contributed by atoms with Crippen molar-refractivity contribution >= 4 is 5.69 Å². The molecule has 0 saturated carbocycles. The van der Waals surface area contributed by atoms with E-state index >= 15 is 0 Å². The summed E-state index contributed by atoms with van der Waals surface area (Å²) < 4.78 is 44.1. The van der Waals surface area contributed by atoms with Crippen LogP contribution in [-0.4, -0.2) is 61.0 Å². The first kappa shape index (κ1) is 20.0. The number of hydrogen-bond acceptors (Lipinski definition) is 4. The Labute approximate surface area is 147 Å². The zero-order valence-corrected chi connectivity index (χ0v) is 15.0. The number of benzene rings is 1. The van der Waals surface area contributed by atoms with Gasteiger partial charge in [0.2, 0.25) is 0 Å². The fourth-order valence-corrected chi connectivity index (χ4v) is 2.76. The van der Waals surface area contributed by atoms with Gasteiger partial charge in [0.15, 0.2) is 0 Å². The van der Waals surface area contributed by atoms with Crippen LogP contribution >= 0.6 is 0 Å². The van der Waals surface area contributed by atoms with Gasteiger partial charge in [0.25, 0.3) is 0 Å². The second-order valence-electron chi connectivity index (χ2n) is 7.41. The minimum absolute atomic E-state index is 0.275. The van der Waals surface area contributed by atoms with Gasteiger partial charge in [-0.3, -0.25) is 4.90 Å². The minimum Gasteiger partial charge on any atom is -0.389 e. The van der Waals surface area contributed by atoms with Crippen LogP contribution in [0.25, 0.3) is 0 Å². The molecule has 25 heavy (non-hydrogen) atoms. The zero-order chi connectivity index (χ0) is 18.7. The molecule has 1 atom stereocenters. The number of β-amino-alcohol motifs (C(OH)–C–C–N with tert-alkyl or cyclic N) is 1. The Morgan fingerprint density at radius 1 is 1.12 bits per heavy atom. The van der Waals surface area contributed by atoms with Crippen molar-refractivity contribution in [2.24, 2.45) is 0 Å². The highest BCUT2D eigenvalue weighted by atomic mass is 19.4. The average Bonchev–Trinajstić information content (AvgIpc) is 2.52. The highest BCUT2D eigenvalue weighted by Crippen LogP contribution is 2.31. The third-order valence-corrected chi connectivity index (χ3v) is 4.09. The first-order chi connectivity index (χ1) is 11.5. The van der Waals surface area contributed by atoms with E-state index in [0.717, 1.165) is 6.07 Å². The SMILES string of the molecule is CC(C)(C)OC[C@H](O)CN1CCN(c2cccc(C(F)(F)F)c2)CC1. The van der Waals surface area contributed by atoms with Crippen LogP contribution in [0, 0.1) is 0 Å². The van der Waals surface area contributed by atoms with Crippen LogP contribution in [0.15, 0.2) is 24.3 Å². The van der Waals surface area contributed by atoms with Crippen molar-refractivity contribution in [3.63, 3.8) is 0 Å². The maximum Gasteiger partial charge on any atom is 0.416 e. The van der Waals surface area contributed by atoms with Gasteiger partial charge >= 0.3 is 6.18 Å². The van der Waals surface area contributed by atoms with E-state index in [1.165, 1.54) is 12.1 Å². The van der Waals surface area contributed by atoms with Gasteiger partial charge in [0.1, 0.15) is 0 Å². The van der Waals surface area contributed by atoms with E-state index in [0.29, 0.717) is 38.4 Å². The molecular weight excluding hydrogens is 333 g/mol. The zero-order valence-electron chi connectivity index (χ0n) is 15.0. The molecule has 1 aromatic carbocycles. The normalized spacial score (nSPS) is 18.4. The molecule has 142 valence electrons. The van der Waals surface area contributed by atoms with E-state index in [9.17, 15) is 18.3 Å². The molecule has 0 spiro atoms. The van der Waals surface area contributed by atoms with Crippen molar-refractivity contribution in [3.05, 3.63) is 29.8 Å². The van der Waals surface area contributed by atoms with E-state index in [-0.39, 0.29) is 12.2 Å². The smallest absolute Gasteiger partial charge is 0.389 e. The maximum absolute atomic E-state index is 12.8. The van der Waals surface area contributed by atoms with E-state index in [1.807, 2.05) is 25.7 Å². The minimum atomic E-state index is -4.32. The topological polar surface area (TPSA) is 35.9 Å². The Morgan fingerprint density at radius 2 is 1.76 bits per heavy atom. The summed E-state index contributed by atoms with van der Waals surface area (Å²) in [5.74, 6) is 0. The monoisotopic (exact) mass is 360 g/mol. The van der Waals surface area contributed by atoms with Crippen molar-refractivity contribution in [2.45, 2.75) is 38.7 Å². The van der Waals surface area contributed by atoms with E-state index in [4.69, 9.17) is 4.74 Å². The van der Waals surface area contributed by atoms with Crippen LogP contribution in [0.5, 0.6) is 0 Å². The molecule has 1 N–H and O–H groups in total. The Balaban J connectivity index is 1.84. The molecule has 0 radical (unpaired) electrons. The average molecular weight is 360 g/mol. The van der Waals surface area contributed by atoms with Crippen molar-refractivity contribution in [2.75, 3.05) is 44.2 Å². The number of aliphatic hydroxyl groups is 1. The van der Waals surface area contributed by atoms with Crippen molar-refractivity contribution in [3.8, 4) is 0 Å². The summed E-state index contributed by atoms with van der Waals surface area (Å²) >= 11 is 0. The molecule has 0 amide bonds. The number of halogens is 3. The summed E-state index contributed by atoms with van der Waals surface area (Å²) in [6, 6.07) is 5.43. The number of rotatable bonds is 5. The summed E-state index contributed by atoms with van der Waals surface area (Å²) in [5.41, 5.74) is -0.323. The van der Waals surface area contributed by atoms with Crippen LogP contribution in [0.2, 0.25) is 0 Å². The molecule has 1 aliphatic heterocycles. The van der Waals surface area contributed by atoms with Gasteiger partial charge in [0.05, 0.1) is 23.9 Å². The van der Waals surface area contributed by atoms with Crippen molar-refractivity contribution in [1.29, 1.82) is 0 Å². The number of alkyl halides is 3. The van der Waals surface area contributed by atoms with Gasteiger partial charge in [-0.1, -0.05) is 6.07 Å². The number of nitrogens with zero attached hydrogens (tertiary/aromatic N) is 2. The highest BCUT2D eigenvalue weighted by Gasteiger charge is 2.31. The Bertz CT molecular complexity index is 550. The molecule has 7 heteroatoms. The van der Waals surface area contributed by atoms with Gasteiger partial charge in [0, 0.05) is 38.4 Å². The quantitative estimate of drug-likeness (QED) is 0.876. The lowest BCUT2D eigenvalue weighted by atomic mass is 10.1. The Hall–Kier alpha value is -1.31. The predicted octanol–water partition coefficient (Wildman–Crippen LogP) is 3.00. The second kappa shape index (κ2) is 7.93. The fourth-order valence-electron chi connectivity index (χ4n) is 2.76. The summed E-state index contributed by atoms with van der Waals surface area (Å²) in [7, 11) is 0. The number of piperazine rings is 1. The lowest BCUT2D eigenvalue weighted by Gasteiger charge is -2.37. The lowest BCUT2D eigenvalue weighted by molar-refractivity contribution is -0.137. The van der Waals surface area contributed by atoms with Gasteiger partial charge in [-0.25, -0.2) is 0 Å². The molecule has 2 rings (SSSR count). The Morgan fingerprint density at radius 3 is 2.32 bits per heavy atom. The van der Waals surface area contributed by atoms with Crippen LogP contribution in [-0.2, 0) is 10.9 Å². The molecule has 0 unspecified atom stereocenters. The molecule has 0 aliphatic carbocycles. The third kappa shape index (κ3) is 6.49. The summed E-state index contributed by atoms with van der Waals surface area (Å²) in [6.07, 6.45) is -4.89. The molecular formula is C18H27F3N2O2. The van der Waals surface area contributed by atoms with Gasteiger partial charge in [-0.2, -0.15) is 13.2 Å². The lowest BCUT2D eigenvalue weighted by Crippen LogP contribution is -2.49. The van der Waals surface area contributed by atoms with Crippen molar-refractivity contribution in [1.82, 2.24) is 4.90 Å². The van der Waals surface area contributed by atoms with Gasteiger partial charge in [-0.05, 0) is 39.0 Å².